The van der Waals surface area contributed by atoms with Crippen molar-refractivity contribution < 1.29 is 9.21 Å². The molecule has 1 aliphatic rings. The number of para-hydroxylation sites is 2. The van der Waals surface area contributed by atoms with Crippen LogP contribution in [0.1, 0.15) is 22.2 Å². The molecule has 6 heteroatoms. The monoisotopic (exact) mass is 341 g/mol. The van der Waals surface area contributed by atoms with Crippen molar-refractivity contribution in [2.75, 3.05) is 31.1 Å². The van der Waals surface area contributed by atoms with Gasteiger partial charge in [0.25, 0.3) is 6.01 Å². The maximum Gasteiger partial charge on any atom is 0.298 e. The van der Waals surface area contributed by atoms with Gasteiger partial charge < -0.3 is 9.32 Å². The molecule has 0 spiro atoms. The van der Waals surface area contributed by atoms with Crippen molar-refractivity contribution in [2.45, 2.75) is 13.5 Å². The van der Waals surface area contributed by atoms with Crippen LogP contribution in [0.4, 0.5) is 6.01 Å². The first-order chi connectivity index (χ1) is 11.7. The first kappa shape index (κ1) is 15.4. The van der Waals surface area contributed by atoms with E-state index in [9.17, 15) is 4.79 Å². The molecule has 124 valence electrons. The van der Waals surface area contributed by atoms with Crippen LogP contribution in [0.15, 0.2) is 40.1 Å². The Kier molecular flexibility index (Phi) is 4.08. The number of anilines is 1. The molecule has 3 heterocycles. The van der Waals surface area contributed by atoms with Gasteiger partial charge in [-0.1, -0.05) is 12.1 Å². The van der Waals surface area contributed by atoms with Crippen molar-refractivity contribution in [2.24, 2.45) is 0 Å². The zero-order valence-electron chi connectivity index (χ0n) is 13.6. The van der Waals surface area contributed by atoms with Gasteiger partial charge in [-0.25, -0.2) is 0 Å². The second-order valence-electron chi connectivity index (χ2n) is 6.10. The van der Waals surface area contributed by atoms with Gasteiger partial charge in [0.15, 0.2) is 11.4 Å². The highest BCUT2D eigenvalue weighted by molar-refractivity contribution is 7.12. The van der Waals surface area contributed by atoms with Gasteiger partial charge in [-0.3, -0.25) is 9.69 Å². The van der Waals surface area contributed by atoms with Gasteiger partial charge in [-0.05, 0) is 36.1 Å². The summed E-state index contributed by atoms with van der Waals surface area (Å²) >= 11 is 1.53. The smallest absolute Gasteiger partial charge is 0.298 e. The number of hydrogen-bond acceptors (Lipinski definition) is 6. The van der Waals surface area contributed by atoms with Crippen LogP contribution in [0.5, 0.6) is 0 Å². The summed E-state index contributed by atoms with van der Waals surface area (Å²) in [5.74, 6) is 0.145. The Balaban J connectivity index is 1.38. The molecule has 1 saturated heterocycles. The van der Waals surface area contributed by atoms with Gasteiger partial charge in [-0.15, -0.1) is 11.3 Å². The van der Waals surface area contributed by atoms with Gasteiger partial charge in [-0.2, -0.15) is 4.98 Å². The summed E-state index contributed by atoms with van der Waals surface area (Å²) in [6.45, 7) is 6.24. The van der Waals surface area contributed by atoms with Crippen molar-refractivity contribution in [1.82, 2.24) is 9.88 Å². The minimum atomic E-state index is 0.145. The lowest BCUT2D eigenvalue weighted by Gasteiger charge is -2.33. The number of benzene rings is 1. The van der Waals surface area contributed by atoms with Crippen molar-refractivity contribution in [1.29, 1.82) is 0 Å². The molecule has 0 radical (unpaired) electrons. The minimum Gasteiger partial charge on any atom is -0.423 e. The summed E-state index contributed by atoms with van der Waals surface area (Å²) < 4.78 is 5.85. The number of piperazine rings is 1. The normalized spacial score (nSPS) is 16.0. The molecule has 0 N–H and O–H groups in total. The van der Waals surface area contributed by atoms with E-state index in [0.717, 1.165) is 48.7 Å². The standard InChI is InChI=1S/C18H19N3O2S/c1-13(22)17-10-14(12-24-17)11-20-6-8-21(9-7-20)18-19-15-4-2-3-5-16(15)23-18/h2-5,10,12H,6-9,11H2,1H3. The fourth-order valence-electron chi connectivity index (χ4n) is 2.99. The van der Waals surface area contributed by atoms with Crippen LogP contribution >= 0.6 is 11.3 Å². The number of oxazole rings is 1. The number of rotatable bonds is 4. The quantitative estimate of drug-likeness (QED) is 0.681. The van der Waals surface area contributed by atoms with Gasteiger partial charge >= 0.3 is 0 Å². The molecule has 0 aliphatic carbocycles. The summed E-state index contributed by atoms with van der Waals surface area (Å²) in [6, 6.07) is 10.6. The number of nitrogens with zero attached hydrogens (tertiary/aromatic N) is 3. The van der Waals surface area contributed by atoms with Crippen LogP contribution in [0.3, 0.4) is 0 Å². The number of thiophene rings is 1. The highest BCUT2D eigenvalue weighted by atomic mass is 32.1. The zero-order valence-corrected chi connectivity index (χ0v) is 14.4. The van der Waals surface area contributed by atoms with E-state index >= 15 is 0 Å². The Bertz CT molecular complexity index is 829. The van der Waals surface area contributed by atoms with Crippen molar-refractivity contribution in [3.63, 3.8) is 0 Å². The SMILES string of the molecule is CC(=O)c1cc(CN2CCN(c3nc4ccccc4o3)CC2)cs1. The lowest BCUT2D eigenvalue weighted by Crippen LogP contribution is -2.46. The second kappa shape index (κ2) is 6.37. The Morgan fingerprint density at radius 2 is 2.04 bits per heavy atom. The summed E-state index contributed by atoms with van der Waals surface area (Å²) in [5.41, 5.74) is 2.97. The molecule has 24 heavy (non-hydrogen) atoms. The van der Waals surface area contributed by atoms with Crippen LogP contribution in [-0.4, -0.2) is 41.8 Å². The molecule has 4 rings (SSSR count). The predicted octanol–water partition coefficient (Wildman–Crippen LogP) is 3.41. The van der Waals surface area contributed by atoms with Crippen LogP contribution in [0.2, 0.25) is 0 Å². The zero-order chi connectivity index (χ0) is 16.5. The van der Waals surface area contributed by atoms with E-state index < -0.39 is 0 Å². The fourth-order valence-corrected chi connectivity index (χ4v) is 3.80. The number of Topliss-reactive ketones (excluding diaryl/α,β-unsaturated/α-hetero) is 1. The minimum absolute atomic E-state index is 0.145. The van der Waals surface area contributed by atoms with E-state index in [-0.39, 0.29) is 5.78 Å². The summed E-state index contributed by atoms with van der Waals surface area (Å²) in [6.07, 6.45) is 0. The molecule has 3 aromatic rings. The Morgan fingerprint density at radius 3 is 2.75 bits per heavy atom. The third kappa shape index (κ3) is 3.07. The number of carbonyl (C=O) groups is 1. The lowest BCUT2D eigenvalue weighted by atomic mass is 10.2. The van der Waals surface area contributed by atoms with Crippen molar-refractivity contribution >= 4 is 34.2 Å². The summed E-state index contributed by atoms with van der Waals surface area (Å²) in [5, 5.41) is 2.09. The van der Waals surface area contributed by atoms with E-state index in [1.165, 1.54) is 16.9 Å². The number of carbonyl (C=O) groups excluding carboxylic acids is 1. The number of aromatic nitrogens is 1. The van der Waals surface area contributed by atoms with Crippen LogP contribution in [-0.2, 0) is 6.54 Å². The number of fused-ring (bicyclic) bond motifs is 1. The number of hydrogen-bond donors (Lipinski definition) is 0. The van der Waals surface area contributed by atoms with Gasteiger partial charge in [0.2, 0.25) is 0 Å². The fraction of sp³-hybridized carbons (Fsp3) is 0.333. The van der Waals surface area contributed by atoms with Crippen LogP contribution in [0.25, 0.3) is 11.1 Å². The molecule has 0 amide bonds. The van der Waals surface area contributed by atoms with E-state index in [4.69, 9.17) is 4.42 Å². The molecule has 1 aromatic carbocycles. The third-order valence-electron chi connectivity index (χ3n) is 4.33. The highest BCUT2D eigenvalue weighted by Crippen LogP contribution is 2.23. The van der Waals surface area contributed by atoms with E-state index in [2.05, 4.69) is 20.2 Å². The molecule has 1 fully saturated rings. The lowest BCUT2D eigenvalue weighted by molar-refractivity contribution is 0.102. The average molecular weight is 341 g/mol. The second-order valence-corrected chi connectivity index (χ2v) is 7.01. The maximum atomic E-state index is 11.4. The number of ketones is 1. The molecular formula is C18H19N3O2S. The molecule has 0 atom stereocenters. The largest absolute Gasteiger partial charge is 0.423 e. The molecule has 2 aromatic heterocycles. The van der Waals surface area contributed by atoms with Gasteiger partial charge in [0, 0.05) is 32.7 Å². The van der Waals surface area contributed by atoms with E-state index in [0.29, 0.717) is 6.01 Å². The first-order valence-electron chi connectivity index (χ1n) is 8.10. The topological polar surface area (TPSA) is 49.6 Å². The summed E-state index contributed by atoms with van der Waals surface area (Å²) in [7, 11) is 0. The molecule has 0 unspecified atom stereocenters. The van der Waals surface area contributed by atoms with E-state index in [1.54, 1.807) is 6.92 Å². The molecular weight excluding hydrogens is 322 g/mol. The van der Waals surface area contributed by atoms with Crippen LogP contribution < -0.4 is 4.90 Å². The van der Waals surface area contributed by atoms with Gasteiger partial charge in [0.05, 0.1) is 4.88 Å². The van der Waals surface area contributed by atoms with E-state index in [1.807, 2.05) is 30.3 Å². The Morgan fingerprint density at radius 1 is 1.25 bits per heavy atom. The predicted molar refractivity (Wildman–Crippen MR) is 95.8 cm³/mol. The summed E-state index contributed by atoms with van der Waals surface area (Å²) in [4.78, 5) is 21.4. The van der Waals surface area contributed by atoms with Crippen molar-refractivity contribution in [3.8, 4) is 0 Å². The molecule has 5 nitrogen and oxygen atoms in total. The maximum absolute atomic E-state index is 11.4. The molecule has 0 bridgehead atoms. The highest BCUT2D eigenvalue weighted by Gasteiger charge is 2.21. The average Bonchev–Trinajstić information content (AvgIpc) is 3.22. The molecule has 0 saturated carbocycles. The third-order valence-corrected chi connectivity index (χ3v) is 5.41. The van der Waals surface area contributed by atoms with Crippen LogP contribution in [0, 0.1) is 0 Å². The van der Waals surface area contributed by atoms with Crippen molar-refractivity contribution in [3.05, 3.63) is 46.2 Å². The first-order valence-corrected chi connectivity index (χ1v) is 8.98. The van der Waals surface area contributed by atoms with Gasteiger partial charge in [0.1, 0.15) is 5.52 Å². The Hall–Kier alpha value is -2.18. The Labute approximate surface area is 144 Å². The molecule has 1 aliphatic heterocycles.